The molecule has 0 saturated heterocycles. The van der Waals surface area contributed by atoms with E-state index in [0.717, 1.165) is 0 Å². The number of methoxy groups -OCH3 is 1. The van der Waals surface area contributed by atoms with Gasteiger partial charge in [0.2, 0.25) is 0 Å². The number of phenolic OH excluding ortho intramolecular Hbond substituents is 1. The van der Waals surface area contributed by atoms with Crippen molar-refractivity contribution < 1.29 is 32.5 Å². The van der Waals surface area contributed by atoms with Crippen molar-refractivity contribution in [1.82, 2.24) is 0 Å². The highest BCUT2D eigenvalue weighted by Gasteiger charge is 2.20. The van der Waals surface area contributed by atoms with Crippen molar-refractivity contribution in [1.29, 1.82) is 0 Å². The van der Waals surface area contributed by atoms with Crippen LogP contribution in [0, 0.1) is 0 Å². The predicted octanol–water partition coefficient (Wildman–Crippen LogP) is 4.25. The molecule has 0 radical (unpaired) electrons. The Hall–Kier alpha value is -3.92. The van der Waals surface area contributed by atoms with E-state index in [4.69, 9.17) is 14.2 Å². The van der Waals surface area contributed by atoms with E-state index >= 15 is 0 Å². The number of anilines is 2. The second kappa shape index (κ2) is 10.8. The Morgan fingerprint density at radius 3 is 2.29 bits per heavy atom. The highest BCUT2D eigenvalue weighted by Crippen LogP contribution is 2.32. The third kappa shape index (κ3) is 5.70. The lowest BCUT2D eigenvalue weighted by Crippen LogP contribution is -2.16. The predicted molar refractivity (Wildman–Crippen MR) is 129 cm³/mol. The molecule has 9 nitrogen and oxygen atoms in total. The third-order valence-corrected chi connectivity index (χ3v) is 6.05. The SMILES string of the molecule is CCOc1ccc(C(=O)Nc2cc(S(=O)(=O)Nc3ccccc3OC)ccc2O)cc1OCC. The molecular weight excluding hydrogens is 460 g/mol. The number of nitrogens with one attached hydrogen (secondary N) is 2. The van der Waals surface area contributed by atoms with Crippen molar-refractivity contribution in [3.63, 3.8) is 0 Å². The van der Waals surface area contributed by atoms with Gasteiger partial charge in [-0.05, 0) is 62.4 Å². The first-order valence-electron chi connectivity index (χ1n) is 10.5. The molecule has 3 aromatic carbocycles. The number of carbonyl (C=O) groups is 1. The van der Waals surface area contributed by atoms with Crippen LogP contribution in [0.4, 0.5) is 11.4 Å². The Bertz CT molecular complexity index is 1280. The third-order valence-electron chi connectivity index (χ3n) is 4.68. The van der Waals surface area contributed by atoms with Gasteiger partial charge < -0.3 is 24.6 Å². The molecule has 0 aliphatic heterocycles. The fourth-order valence-electron chi connectivity index (χ4n) is 3.10. The molecule has 0 aromatic heterocycles. The van der Waals surface area contributed by atoms with E-state index in [-0.39, 0.29) is 27.6 Å². The number of hydrogen-bond donors (Lipinski definition) is 3. The van der Waals surface area contributed by atoms with Gasteiger partial charge in [-0.15, -0.1) is 0 Å². The van der Waals surface area contributed by atoms with Crippen LogP contribution in [0.2, 0.25) is 0 Å². The molecule has 10 heteroatoms. The van der Waals surface area contributed by atoms with E-state index in [2.05, 4.69) is 10.0 Å². The summed E-state index contributed by atoms with van der Waals surface area (Å²) < 4.78 is 44.5. The maximum Gasteiger partial charge on any atom is 0.262 e. The summed E-state index contributed by atoms with van der Waals surface area (Å²) >= 11 is 0. The first kappa shape index (κ1) is 24.7. The summed E-state index contributed by atoms with van der Waals surface area (Å²) in [7, 11) is -2.61. The zero-order valence-corrected chi connectivity index (χ0v) is 19.8. The minimum atomic E-state index is -4.04. The van der Waals surface area contributed by atoms with Crippen LogP contribution in [0.3, 0.4) is 0 Å². The summed E-state index contributed by atoms with van der Waals surface area (Å²) in [5.41, 5.74) is 0.424. The Balaban J connectivity index is 1.86. The number of carbonyl (C=O) groups excluding carboxylic acids is 1. The average Bonchev–Trinajstić information content (AvgIpc) is 2.82. The Kier molecular flexibility index (Phi) is 7.85. The minimum Gasteiger partial charge on any atom is -0.506 e. The first-order chi connectivity index (χ1) is 16.3. The molecule has 0 atom stereocenters. The van der Waals surface area contributed by atoms with Crippen molar-refractivity contribution >= 4 is 27.3 Å². The van der Waals surface area contributed by atoms with Crippen LogP contribution in [0.1, 0.15) is 24.2 Å². The van der Waals surface area contributed by atoms with Crippen molar-refractivity contribution in [3.8, 4) is 23.0 Å². The van der Waals surface area contributed by atoms with Gasteiger partial charge in [-0.25, -0.2) is 8.42 Å². The molecule has 0 spiro atoms. The molecule has 0 saturated carbocycles. The molecule has 0 aliphatic rings. The fourth-order valence-corrected chi connectivity index (χ4v) is 4.20. The summed E-state index contributed by atoms with van der Waals surface area (Å²) in [4.78, 5) is 12.7. The van der Waals surface area contributed by atoms with Gasteiger partial charge in [0.15, 0.2) is 11.5 Å². The van der Waals surface area contributed by atoms with Crippen LogP contribution >= 0.6 is 0 Å². The lowest BCUT2D eigenvalue weighted by Gasteiger charge is -2.14. The summed E-state index contributed by atoms with van der Waals surface area (Å²) in [5.74, 6) is 0.392. The fraction of sp³-hybridized carbons (Fsp3) is 0.208. The molecule has 1 amide bonds. The zero-order valence-electron chi connectivity index (χ0n) is 19.0. The molecule has 0 unspecified atom stereocenters. The van der Waals surface area contributed by atoms with E-state index in [1.807, 2.05) is 13.8 Å². The maximum atomic E-state index is 12.9. The molecule has 0 bridgehead atoms. The van der Waals surface area contributed by atoms with Gasteiger partial charge in [0.25, 0.3) is 15.9 Å². The van der Waals surface area contributed by atoms with Gasteiger partial charge in [-0.1, -0.05) is 12.1 Å². The van der Waals surface area contributed by atoms with Crippen LogP contribution in [-0.2, 0) is 10.0 Å². The van der Waals surface area contributed by atoms with Gasteiger partial charge in [0.1, 0.15) is 11.5 Å². The maximum absolute atomic E-state index is 12.9. The lowest BCUT2D eigenvalue weighted by atomic mass is 10.1. The van der Waals surface area contributed by atoms with Crippen molar-refractivity contribution in [2.24, 2.45) is 0 Å². The second-order valence-corrected chi connectivity index (χ2v) is 8.65. The number of amides is 1. The highest BCUT2D eigenvalue weighted by atomic mass is 32.2. The molecule has 3 aromatic rings. The summed E-state index contributed by atoms with van der Waals surface area (Å²) in [6.45, 7) is 4.46. The first-order valence-corrected chi connectivity index (χ1v) is 12.0. The number of sulfonamides is 1. The number of hydrogen-bond acceptors (Lipinski definition) is 7. The van der Waals surface area contributed by atoms with Crippen LogP contribution in [-0.4, -0.2) is 39.8 Å². The number of benzene rings is 3. The summed E-state index contributed by atoms with van der Waals surface area (Å²) in [5, 5.41) is 12.8. The molecule has 180 valence electrons. The zero-order chi connectivity index (χ0) is 24.7. The Labute approximate surface area is 198 Å². The number of para-hydroxylation sites is 2. The van der Waals surface area contributed by atoms with Crippen LogP contribution < -0.4 is 24.2 Å². The molecule has 34 heavy (non-hydrogen) atoms. The van der Waals surface area contributed by atoms with Gasteiger partial charge in [-0.2, -0.15) is 0 Å². The normalized spacial score (nSPS) is 10.9. The van der Waals surface area contributed by atoms with Crippen LogP contribution in [0.25, 0.3) is 0 Å². The molecule has 0 fully saturated rings. The molecule has 3 N–H and O–H groups in total. The molecular formula is C24H26N2O7S. The highest BCUT2D eigenvalue weighted by molar-refractivity contribution is 7.92. The molecule has 3 rings (SSSR count). The van der Waals surface area contributed by atoms with Crippen molar-refractivity contribution in [3.05, 3.63) is 66.2 Å². The summed E-state index contributed by atoms with van der Waals surface area (Å²) in [6.07, 6.45) is 0. The smallest absolute Gasteiger partial charge is 0.262 e. The number of ether oxygens (including phenoxy) is 3. The Morgan fingerprint density at radius 2 is 1.59 bits per heavy atom. The minimum absolute atomic E-state index is 0.0697. The molecule has 0 heterocycles. The lowest BCUT2D eigenvalue weighted by molar-refractivity contribution is 0.102. The van der Waals surface area contributed by atoms with Gasteiger partial charge in [0.05, 0.1) is 36.6 Å². The van der Waals surface area contributed by atoms with E-state index in [1.165, 1.54) is 31.4 Å². The van der Waals surface area contributed by atoms with E-state index < -0.39 is 15.9 Å². The van der Waals surface area contributed by atoms with Gasteiger partial charge >= 0.3 is 0 Å². The largest absolute Gasteiger partial charge is 0.506 e. The van der Waals surface area contributed by atoms with Crippen molar-refractivity contribution in [2.45, 2.75) is 18.7 Å². The number of rotatable bonds is 10. The van der Waals surface area contributed by atoms with Crippen molar-refractivity contribution in [2.75, 3.05) is 30.4 Å². The number of aromatic hydroxyl groups is 1. The van der Waals surface area contributed by atoms with E-state index in [9.17, 15) is 18.3 Å². The van der Waals surface area contributed by atoms with E-state index in [1.54, 1.807) is 36.4 Å². The Morgan fingerprint density at radius 1 is 0.882 bits per heavy atom. The van der Waals surface area contributed by atoms with Crippen LogP contribution in [0.15, 0.2) is 65.6 Å². The average molecular weight is 487 g/mol. The second-order valence-electron chi connectivity index (χ2n) is 6.97. The van der Waals surface area contributed by atoms with Gasteiger partial charge in [-0.3, -0.25) is 9.52 Å². The number of phenols is 1. The van der Waals surface area contributed by atoms with Crippen LogP contribution in [0.5, 0.6) is 23.0 Å². The quantitative estimate of drug-likeness (QED) is 0.366. The molecule has 0 aliphatic carbocycles. The standard InChI is InChI=1S/C24H26N2O7S/c1-4-32-22-13-10-16(14-23(22)33-5-2)24(28)25-19-15-17(11-12-20(19)27)34(29,30)26-18-8-6-7-9-21(18)31-3/h6-15,26-27H,4-5H2,1-3H3,(H,25,28). The van der Waals surface area contributed by atoms with Gasteiger partial charge in [0, 0.05) is 5.56 Å². The van der Waals surface area contributed by atoms with E-state index in [0.29, 0.717) is 30.5 Å². The topological polar surface area (TPSA) is 123 Å². The summed E-state index contributed by atoms with van der Waals surface area (Å²) in [6, 6.07) is 14.8. The monoisotopic (exact) mass is 486 g/mol.